The zero-order valence-corrected chi connectivity index (χ0v) is 11.7. The highest BCUT2D eigenvalue weighted by Gasteiger charge is 2.34. The van der Waals surface area contributed by atoms with Crippen LogP contribution in [0.15, 0.2) is 35.2 Å². The first-order valence-electron chi connectivity index (χ1n) is 5.61. The van der Waals surface area contributed by atoms with Crippen molar-refractivity contribution in [1.82, 2.24) is 4.31 Å². The summed E-state index contributed by atoms with van der Waals surface area (Å²) in [5, 5.41) is 0. The van der Waals surface area contributed by atoms with Crippen molar-refractivity contribution in [2.75, 3.05) is 18.8 Å². The van der Waals surface area contributed by atoms with Crippen LogP contribution in [0, 0.1) is 0 Å². The molecule has 1 aromatic carbocycles. The summed E-state index contributed by atoms with van der Waals surface area (Å²) in [5.41, 5.74) is 0. The molecular weight excluding hydrogens is 254 g/mol. The molecule has 0 amide bonds. The molecule has 1 aliphatic rings. The van der Waals surface area contributed by atoms with Crippen molar-refractivity contribution in [3.8, 4) is 0 Å². The quantitative estimate of drug-likeness (QED) is 0.827. The lowest BCUT2D eigenvalue weighted by Gasteiger charge is -2.36. The Morgan fingerprint density at radius 1 is 1.24 bits per heavy atom. The highest BCUT2D eigenvalue weighted by Crippen LogP contribution is 2.32. The van der Waals surface area contributed by atoms with Crippen LogP contribution in [0.5, 0.6) is 0 Å². The Labute approximate surface area is 107 Å². The van der Waals surface area contributed by atoms with E-state index in [0.29, 0.717) is 18.0 Å². The molecule has 0 bridgehead atoms. The number of hydrogen-bond acceptors (Lipinski definition) is 3. The second-order valence-electron chi connectivity index (χ2n) is 4.76. The van der Waals surface area contributed by atoms with E-state index in [1.165, 1.54) is 0 Å². The summed E-state index contributed by atoms with van der Waals surface area (Å²) in [6, 6.07) is 8.66. The van der Waals surface area contributed by atoms with E-state index in [-0.39, 0.29) is 4.75 Å². The molecule has 1 heterocycles. The number of benzene rings is 1. The minimum Gasteiger partial charge on any atom is -0.207 e. The van der Waals surface area contributed by atoms with Crippen molar-refractivity contribution in [3.63, 3.8) is 0 Å². The number of sulfonamides is 1. The molecule has 0 aromatic heterocycles. The first-order chi connectivity index (χ1) is 7.92. The Bertz CT molecular complexity index is 482. The number of thioether (sulfide) groups is 1. The van der Waals surface area contributed by atoms with Gasteiger partial charge >= 0.3 is 0 Å². The van der Waals surface area contributed by atoms with Crippen LogP contribution in [0.3, 0.4) is 0 Å². The second kappa shape index (κ2) is 4.63. The van der Waals surface area contributed by atoms with Gasteiger partial charge in [-0.25, -0.2) is 8.42 Å². The molecule has 94 valence electrons. The average molecular weight is 271 g/mol. The van der Waals surface area contributed by atoms with Crippen molar-refractivity contribution in [2.24, 2.45) is 0 Å². The topological polar surface area (TPSA) is 37.4 Å². The lowest BCUT2D eigenvalue weighted by atomic mass is 10.2. The monoisotopic (exact) mass is 271 g/mol. The molecular formula is C12H17NO2S2. The Balaban J connectivity index is 2.28. The summed E-state index contributed by atoms with van der Waals surface area (Å²) in [5.74, 6) is 0.860. The third kappa shape index (κ3) is 2.84. The van der Waals surface area contributed by atoms with E-state index < -0.39 is 10.0 Å². The van der Waals surface area contributed by atoms with Gasteiger partial charge < -0.3 is 0 Å². The van der Waals surface area contributed by atoms with Gasteiger partial charge in [0.1, 0.15) is 0 Å². The fourth-order valence-electron chi connectivity index (χ4n) is 1.92. The summed E-state index contributed by atoms with van der Waals surface area (Å²) < 4.78 is 26.4. The fourth-order valence-corrected chi connectivity index (χ4v) is 4.85. The zero-order valence-electron chi connectivity index (χ0n) is 10.1. The van der Waals surface area contributed by atoms with Gasteiger partial charge in [-0.1, -0.05) is 18.2 Å². The minimum absolute atomic E-state index is 0.0000996. The van der Waals surface area contributed by atoms with Gasteiger partial charge in [0.05, 0.1) is 4.90 Å². The van der Waals surface area contributed by atoms with Crippen LogP contribution in [-0.4, -0.2) is 36.3 Å². The maximum atomic E-state index is 12.4. The predicted octanol–water partition coefficient (Wildman–Crippen LogP) is 2.20. The van der Waals surface area contributed by atoms with E-state index in [4.69, 9.17) is 0 Å². The molecule has 0 aliphatic carbocycles. The van der Waals surface area contributed by atoms with Crippen LogP contribution in [0.4, 0.5) is 0 Å². The number of hydrogen-bond donors (Lipinski definition) is 0. The van der Waals surface area contributed by atoms with Gasteiger partial charge in [0.25, 0.3) is 0 Å². The van der Waals surface area contributed by atoms with E-state index in [1.807, 2.05) is 17.8 Å². The molecule has 0 saturated carbocycles. The SMILES string of the molecule is CC1(C)CN(S(=O)(=O)c2ccccc2)CCS1. The highest BCUT2D eigenvalue weighted by atomic mass is 32.2. The van der Waals surface area contributed by atoms with E-state index in [0.717, 1.165) is 5.75 Å². The van der Waals surface area contributed by atoms with E-state index >= 15 is 0 Å². The fraction of sp³-hybridized carbons (Fsp3) is 0.500. The average Bonchev–Trinajstić information content (AvgIpc) is 2.29. The Morgan fingerprint density at radius 2 is 1.88 bits per heavy atom. The Hall–Kier alpha value is -0.520. The standard InChI is InChI=1S/C12H17NO2S2/c1-12(2)10-13(8-9-16-12)17(14,15)11-6-4-3-5-7-11/h3-7H,8-10H2,1-2H3. The van der Waals surface area contributed by atoms with Crippen LogP contribution >= 0.6 is 11.8 Å². The smallest absolute Gasteiger partial charge is 0.207 e. The molecule has 0 unspecified atom stereocenters. The van der Waals surface area contributed by atoms with Crippen molar-refractivity contribution in [1.29, 1.82) is 0 Å². The van der Waals surface area contributed by atoms with E-state index in [9.17, 15) is 8.42 Å². The molecule has 2 rings (SSSR count). The second-order valence-corrected chi connectivity index (χ2v) is 8.50. The summed E-state index contributed by atoms with van der Waals surface area (Å²) in [4.78, 5) is 0.391. The molecule has 0 atom stereocenters. The van der Waals surface area contributed by atoms with Gasteiger partial charge in [0, 0.05) is 23.6 Å². The molecule has 5 heteroatoms. The van der Waals surface area contributed by atoms with Gasteiger partial charge in [-0.05, 0) is 26.0 Å². The maximum Gasteiger partial charge on any atom is 0.243 e. The summed E-state index contributed by atoms with van der Waals surface area (Å²) in [6.45, 7) is 5.36. The van der Waals surface area contributed by atoms with Gasteiger partial charge in [-0.3, -0.25) is 0 Å². The molecule has 1 aliphatic heterocycles. The van der Waals surface area contributed by atoms with Crippen molar-refractivity contribution in [2.45, 2.75) is 23.5 Å². The van der Waals surface area contributed by atoms with Crippen LogP contribution in [0.2, 0.25) is 0 Å². The molecule has 0 N–H and O–H groups in total. The lowest BCUT2D eigenvalue weighted by molar-refractivity contribution is 0.387. The van der Waals surface area contributed by atoms with Gasteiger partial charge in [-0.15, -0.1) is 0 Å². The third-order valence-electron chi connectivity index (χ3n) is 2.77. The molecule has 17 heavy (non-hydrogen) atoms. The molecule has 1 aromatic rings. The van der Waals surface area contributed by atoms with E-state index in [2.05, 4.69) is 13.8 Å². The van der Waals surface area contributed by atoms with Gasteiger partial charge in [-0.2, -0.15) is 16.1 Å². The van der Waals surface area contributed by atoms with Crippen molar-refractivity contribution >= 4 is 21.8 Å². The summed E-state index contributed by atoms with van der Waals surface area (Å²) in [6.07, 6.45) is 0. The number of rotatable bonds is 2. The van der Waals surface area contributed by atoms with Crippen LogP contribution in [0.25, 0.3) is 0 Å². The lowest BCUT2D eigenvalue weighted by Crippen LogP contribution is -2.46. The van der Waals surface area contributed by atoms with Gasteiger partial charge in [0.15, 0.2) is 0 Å². The molecule has 0 radical (unpaired) electrons. The third-order valence-corrected chi connectivity index (χ3v) is 5.93. The molecule has 1 fully saturated rings. The van der Waals surface area contributed by atoms with Crippen LogP contribution in [-0.2, 0) is 10.0 Å². The Kier molecular flexibility index (Phi) is 3.52. The van der Waals surface area contributed by atoms with Crippen LogP contribution in [0.1, 0.15) is 13.8 Å². The van der Waals surface area contributed by atoms with Gasteiger partial charge in [0.2, 0.25) is 10.0 Å². The Morgan fingerprint density at radius 3 is 2.47 bits per heavy atom. The minimum atomic E-state index is -3.31. The van der Waals surface area contributed by atoms with Crippen molar-refractivity contribution < 1.29 is 8.42 Å². The first-order valence-corrected chi connectivity index (χ1v) is 8.04. The molecule has 3 nitrogen and oxygen atoms in total. The first kappa shape index (κ1) is 12.9. The summed E-state index contributed by atoms with van der Waals surface area (Å²) in [7, 11) is -3.31. The highest BCUT2D eigenvalue weighted by molar-refractivity contribution is 8.00. The molecule has 0 spiro atoms. The summed E-state index contributed by atoms with van der Waals surface area (Å²) >= 11 is 1.83. The normalized spacial score (nSPS) is 21.3. The largest absolute Gasteiger partial charge is 0.243 e. The number of nitrogens with zero attached hydrogens (tertiary/aromatic N) is 1. The zero-order chi connectivity index (χ0) is 12.5. The van der Waals surface area contributed by atoms with Crippen LogP contribution < -0.4 is 0 Å². The van der Waals surface area contributed by atoms with E-state index in [1.54, 1.807) is 28.6 Å². The van der Waals surface area contributed by atoms with Crippen molar-refractivity contribution in [3.05, 3.63) is 30.3 Å². The maximum absolute atomic E-state index is 12.4. The predicted molar refractivity (Wildman–Crippen MR) is 71.7 cm³/mol. The molecule has 1 saturated heterocycles.